The van der Waals surface area contributed by atoms with Crippen LogP contribution in [-0.2, 0) is 25.5 Å². The summed E-state index contributed by atoms with van der Waals surface area (Å²) >= 11 is 0. The Balaban J connectivity index is 1.76. The largest absolute Gasteiger partial charge is 0.379 e. The summed E-state index contributed by atoms with van der Waals surface area (Å²) in [6.45, 7) is 7.39. The third-order valence-corrected chi connectivity index (χ3v) is 3.44. The van der Waals surface area contributed by atoms with Gasteiger partial charge in [0.2, 0.25) is 5.91 Å². The van der Waals surface area contributed by atoms with Crippen molar-refractivity contribution >= 4 is 5.91 Å². The predicted molar refractivity (Wildman–Crippen MR) is 94.0 cm³/mol. The molecular weight excluding hydrogens is 308 g/mol. The number of hydrogen-bond acceptors (Lipinski definition) is 4. The standard InChI is InChI=1S/C18H32N2O4/c1-2-3-12-22-14-16-24-17-15-23-13-6-8-19-18(21)7-11-20-9-4-5-10-20/h4-5,9-10H,2-3,6-8,11-17H2,1H3,(H,19,21). The van der Waals surface area contributed by atoms with Crippen molar-refractivity contribution in [3.8, 4) is 0 Å². The third-order valence-electron chi connectivity index (χ3n) is 3.44. The second-order valence-electron chi connectivity index (χ2n) is 5.57. The van der Waals surface area contributed by atoms with E-state index in [9.17, 15) is 4.79 Å². The van der Waals surface area contributed by atoms with E-state index in [-0.39, 0.29) is 5.91 Å². The normalized spacial score (nSPS) is 10.9. The first-order valence-corrected chi connectivity index (χ1v) is 8.93. The van der Waals surface area contributed by atoms with Gasteiger partial charge in [0.05, 0.1) is 26.4 Å². The van der Waals surface area contributed by atoms with Gasteiger partial charge in [0.15, 0.2) is 0 Å². The second-order valence-corrected chi connectivity index (χ2v) is 5.57. The summed E-state index contributed by atoms with van der Waals surface area (Å²) < 4.78 is 18.3. The van der Waals surface area contributed by atoms with Crippen LogP contribution in [0.15, 0.2) is 24.5 Å². The number of amides is 1. The van der Waals surface area contributed by atoms with Gasteiger partial charge < -0.3 is 24.1 Å². The van der Waals surface area contributed by atoms with Gasteiger partial charge in [-0.1, -0.05) is 13.3 Å². The van der Waals surface area contributed by atoms with Crippen molar-refractivity contribution in [1.29, 1.82) is 0 Å². The molecule has 6 heteroatoms. The SMILES string of the molecule is CCCCOCCOCCOCCCNC(=O)CCn1cccc1. The van der Waals surface area contributed by atoms with Crippen LogP contribution in [0.4, 0.5) is 0 Å². The summed E-state index contributed by atoms with van der Waals surface area (Å²) in [6, 6.07) is 3.91. The molecular formula is C18H32N2O4. The van der Waals surface area contributed by atoms with Crippen molar-refractivity contribution in [2.75, 3.05) is 46.2 Å². The quantitative estimate of drug-likeness (QED) is 0.469. The van der Waals surface area contributed by atoms with Crippen LogP contribution in [0.1, 0.15) is 32.6 Å². The summed E-state index contributed by atoms with van der Waals surface area (Å²) in [4.78, 5) is 11.6. The number of carbonyl (C=O) groups is 1. The fourth-order valence-electron chi connectivity index (χ4n) is 2.03. The van der Waals surface area contributed by atoms with Crippen LogP contribution in [0, 0.1) is 0 Å². The maximum atomic E-state index is 11.6. The van der Waals surface area contributed by atoms with Crippen LogP contribution >= 0.6 is 0 Å². The summed E-state index contributed by atoms with van der Waals surface area (Å²) in [5, 5.41) is 2.90. The Kier molecular flexibility index (Phi) is 13.1. The summed E-state index contributed by atoms with van der Waals surface area (Å²) in [6.07, 6.45) is 7.49. The molecule has 0 aliphatic heterocycles. The Labute approximate surface area is 145 Å². The van der Waals surface area contributed by atoms with Gasteiger partial charge in [-0.2, -0.15) is 0 Å². The maximum Gasteiger partial charge on any atom is 0.221 e. The lowest BCUT2D eigenvalue weighted by atomic mass is 10.3. The Morgan fingerprint density at radius 2 is 1.50 bits per heavy atom. The van der Waals surface area contributed by atoms with Crippen LogP contribution in [0.5, 0.6) is 0 Å². The molecule has 0 fully saturated rings. The van der Waals surface area contributed by atoms with E-state index < -0.39 is 0 Å². The van der Waals surface area contributed by atoms with E-state index in [2.05, 4.69) is 12.2 Å². The van der Waals surface area contributed by atoms with E-state index >= 15 is 0 Å². The number of ether oxygens (including phenoxy) is 3. The molecule has 138 valence electrons. The Hall–Kier alpha value is -1.37. The molecule has 0 aromatic carbocycles. The van der Waals surface area contributed by atoms with Crippen molar-refractivity contribution in [2.24, 2.45) is 0 Å². The van der Waals surface area contributed by atoms with Crippen molar-refractivity contribution < 1.29 is 19.0 Å². The van der Waals surface area contributed by atoms with Gasteiger partial charge in [0.1, 0.15) is 0 Å². The second kappa shape index (κ2) is 15.2. The number of carbonyl (C=O) groups excluding carboxylic acids is 1. The molecule has 0 bridgehead atoms. The van der Waals surface area contributed by atoms with E-state index in [1.165, 1.54) is 0 Å². The minimum atomic E-state index is 0.0788. The highest BCUT2D eigenvalue weighted by molar-refractivity contribution is 5.75. The molecule has 1 aromatic rings. The monoisotopic (exact) mass is 340 g/mol. The fourth-order valence-corrected chi connectivity index (χ4v) is 2.03. The highest BCUT2D eigenvalue weighted by Gasteiger charge is 2.00. The first-order valence-electron chi connectivity index (χ1n) is 8.93. The third kappa shape index (κ3) is 12.1. The van der Waals surface area contributed by atoms with Gasteiger partial charge in [-0.15, -0.1) is 0 Å². The van der Waals surface area contributed by atoms with Crippen LogP contribution in [0.3, 0.4) is 0 Å². The molecule has 6 nitrogen and oxygen atoms in total. The minimum absolute atomic E-state index is 0.0788. The van der Waals surface area contributed by atoms with E-state index in [1.807, 2.05) is 29.1 Å². The highest BCUT2D eigenvalue weighted by atomic mass is 16.5. The Morgan fingerprint density at radius 3 is 2.12 bits per heavy atom. The van der Waals surface area contributed by atoms with Crippen molar-refractivity contribution in [2.45, 2.75) is 39.2 Å². The molecule has 1 N–H and O–H groups in total. The first kappa shape index (κ1) is 20.7. The zero-order chi connectivity index (χ0) is 17.3. The average molecular weight is 340 g/mol. The van der Waals surface area contributed by atoms with Gasteiger partial charge in [-0.25, -0.2) is 0 Å². The van der Waals surface area contributed by atoms with Crippen LogP contribution < -0.4 is 5.32 Å². The molecule has 24 heavy (non-hydrogen) atoms. The first-order chi connectivity index (χ1) is 11.8. The highest BCUT2D eigenvalue weighted by Crippen LogP contribution is 1.93. The predicted octanol–water partition coefficient (Wildman–Crippen LogP) is 2.23. The van der Waals surface area contributed by atoms with Gasteiger partial charge in [0, 0.05) is 45.1 Å². The number of aromatic nitrogens is 1. The number of nitrogens with one attached hydrogen (secondary N) is 1. The molecule has 0 aliphatic rings. The van der Waals surface area contributed by atoms with Crippen LogP contribution in [0.2, 0.25) is 0 Å². The smallest absolute Gasteiger partial charge is 0.221 e. The molecule has 0 spiro atoms. The lowest BCUT2D eigenvalue weighted by molar-refractivity contribution is -0.121. The van der Waals surface area contributed by atoms with Crippen LogP contribution in [0.25, 0.3) is 0 Å². The van der Waals surface area contributed by atoms with Crippen LogP contribution in [-0.4, -0.2) is 56.7 Å². The molecule has 0 saturated carbocycles. The topological polar surface area (TPSA) is 61.7 Å². The van der Waals surface area contributed by atoms with Crippen molar-refractivity contribution in [3.05, 3.63) is 24.5 Å². The lowest BCUT2D eigenvalue weighted by Gasteiger charge is -2.08. The number of hydrogen-bond donors (Lipinski definition) is 1. The number of aryl methyl sites for hydroxylation is 1. The Morgan fingerprint density at radius 1 is 0.917 bits per heavy atom. The van der Waals surface area contributed by atoms with Gasteiger partial charge in [-0.05, 0) is 25.0 Å². The molecule has 1 heterocycles. The molecule has 0 aliphatic carbocycles. The number of nitrogens with zero attached hydrogens (tertiary/aromatic N) is 1. The average Bonchev–Trinajstić information content (AvgIpc) is 3.10. The summed E-state index contributed by atoms with van der Waals surface area (Å²) in [7, 11) is 0. The zero-order valence-corrected chi connectivity index (χ0v) is 14.9. The molecule has 1 amide bonds. The zero-order valence-electron chi connectivity index (χ0n) is 14.9. The molecule has 0 unspecified atom stereocenters. The Bertz CT molecular complexity index is 396. The van der Waals surface area contributed by atoms with Gasteiger partial charge >= 0.3 is 0 Å². The maximum absolute atomic E-state index is 11.6. The van der Waals surface area contributed by atoms with Crippen molar-refractivity contribution in [1.82, 2.24) is 9.88 Å². The number of rotatable bonds is 16. The van der Waals surface area contributed by atoms with E-state index in [1.54, 1.807) is 0 Å². The number of unbranched alkanes of at least 4 members (excludes halogenated alkanes) is 1. The van der Waals surface area contributed by atoms with Gasteiger partial charge in [0.25, 0.3) is 0 Å². The molecule has 0 atom stereocenters. The summed E-state index contributed by atoms with van der Waals surface area (Å²) in [5.74, 6) is 0.0788. The van der Waals surface area contributed by atoms with Crippen molar-refractivity contribution in [3.63, 3.8) is 0 Å². The minimum Gasteiger partial charge on any atom is -0.379 e. The van der Waals surface area contributed by atoms with E-state index in [0.717, 1.165) is 32.4 Å². The molecule has 0 radical (unpaired) electrons. The molecule has 0 saturated heterocycles. The molecule has 1 rings (SSSR count). The lowest BCUT2D eigenvalue weighted by Crippen LogP contribution is -2.26. The van der Waals surface area contributed by atoms with E-state index in [4.69, 9.17) is 14.2 Å². The van der Waals surface area contributed by atoms with Gasteiger partial charge in [-0.3, -0.25) is 4.79 Å². The molecule has 1 aromatic heterocycles. The summed E-state index contributed by atoms with van der Waals surface area (Å²) in [5.41, 5.74) is 0. The van der Waals surface area contributed by atoms with E-state index in [0.29, 0.717) is 46.0 Å². The fraction of sp³-hybridized carbons (Fsp3) is 0.722.